The summed E-state index contributed by atoms with van der Waals surface area (Å²) in [5.74, 6) is 1.25. The van der Waals surface area contributed by atoms with Crippen LogP contribution in [0.5, 0.6) is 11.5 Å². The minimum atomic E-state index is 0.409. The van der Waals surface area contributed by atoms with Crippen molar-refractivity contribution in [2.45, 2.75) is 0 Å². The van der Waals surface area contributed by atoms with E-state index in [-0.39, 0.29) is 0 Å². The van der Waals surface area contributed by atoms with Gasteiger partial charge in [-0.15, -0.1) is 0 Å². The molecule has 0 saturated carbocycles. The van der Waals surface area contributed by atoms with Gasteiger partial charge in [-0.2, -0.15) is 0 Å². The van der Waals surface area contributed by atoms with Crippen molar-refractivity contribution in [1.29, 1.82) is 0 Å². The molecule has 0 atom stereocenters. The van der Waals surface area contributed by atoms with Crippen molar-refractivity contribution in [3.05, 3.63) is 42.7 Å². The molecule has 0 N–H and O–H groups in total. The second kappa shape index (κ2) is 7.95. The van der Waals surface area contributed by atoms with E-state index in [4.69, 9.17) is 14.2 Å². The highest BCUT2D eigenvalue weighted by Gasteiger charge is 2.04. The van der Waals surface area contributed by atoms with Crippen molar-refractivity contribution < 1.29 is 19.0 Å². The van der Waals surface area contributed by atoms with Gasteiger partial charge in [0.1, 0.15) is 19.5 Å². The number of hydrogen-bond donors (Lipinski definition) is 0. The van der Waals surface area contributed by atoms with E-state index in [2.05, 4.69) is 6.58 Å². The lowest BCUT2D eigenvalue weighted by Crippen LogP contribution is -2.04. The molecule has 0 saturated heterocycles. The van der Waals surface area contributed by atoms with Gasteiger partial charge in [-0.05, 0) is 23.8 Å². The third-order valence-electron chi connectivity index (χ3n) is 2.13. The number of allylic oxidation sites excluding steroid dienone is 1. The summed E-state index contributed by atoms with van der Waals surface area (Å²) < 4.78 is 15.7. The number of rotatable bonds is 8. The van der Waals surface area contributed by atoms with Crippen molar-refractivity contribution in [3.63, 3.8) is 0 Å². The molecular formula is C14H16O4. The highest BCUT2D eigenvalue weighted by Crippen LogP contribution is 2.28. The van der Waals surface area contributed by atoms with E-state index in [9.17, 15) is 4.79 Å². The maximum atomic E-state index is 10.2. The third kappa shape index (κ3) is 4.33. The van der Waals surface area contributed by atoms with Crippen LogP contribution in [0.2, 0.25) is 0 Å². The normalized spacial score (nSPS) is 10.1. The molecule has 0 amide bonds. The van der Waals surface area contributed by atoms with Gasteiger partial charge in [-0.25, -0.2) is 0 Å². The lowest BCUT2D eigenvalue weighted by atomic mass is 10.2. The molecule has 1 rings (SSSR count). The van der Waals surface area contributed by atoms with Crippen molar-refractivity contribution in [1.82, 2.24) is 0 Å². The van der Waals surface area contributed by atoms with E-state index < -0.39 is 0 Å². The first-order valence-corrected chi connectivity index (χ1v) is 5.47. The van der Waals surface area contributed by atoms with Gasteiger partial charge in [0, 0.05) is 0 Å². The molecule has 0 heterocycles. The molecule has 0 aliphatic carbocycles. The maximum Gasteiger partial charge on any atom is 0.161 e. The summed E-state index contributed by atoms with van der Waals surface area (Å²) in [4.78, 5) is 10.2. The molecule has 0 aliphatic rings. The number of hydrogen-bond acceptors (Lipinski definition) is 4. The average Bonchev–Trinajstić information content (AvgIpc) is 2.42. The van der Waals surface area contributed by atoms with Crippen molar-refractivity contribution in [3.8, 4) is 11.5 Å². The Hall–Kier alpha value is -2.23. The van der Waals surface area contributed by atoms with Crippen LogP contribution in [0.25, 0.3) is 6.08 Å². The molecule has 1 aromatic rings. The molecule has 1 aromatic carbocycles. The fourth-order valence-corrected chi connectivity index (χ4v) is 1.34. The molecule has 0 radical (unpaired) electrons. The van der Waals surface area contributed by atoms with Gasteiger partial charge in [0.15, 0.2) is 11.5 Å². The van der Waals surface area contributed by atoms with Crippen LogP contribution >= 0.6 is 0 Å². The van der Waals surface area contributed by atoms with Gasteiger partial charge in [-0.1, -0.05) is 18.7 Å². The number of methoxy groups -OCH3 is 1. The van der Waals surface area contributed by atoms with Gasteiger partial charge in [0.25, 0.3) is 0 Å². The standard InChI is InChI=1S/C14H16O4/c1-3-17-9-10-18-13-7-6-12(5-4-8-15)11-14(13)16-2/h3-8,11H,1,9-10H2,2H3. The van der Waals surface area contributed by atoms with E-state index in [1.54, 1.807) is 25.3 Å². The Labute approximate surface area is 106 Å². The highest BCUT2D eigenvalue weighted by molar-refractivity contribution is 5.74. The summed E-state index contributed by atoms with van der Waals surface area (Å²) in [6.45, 7) is 4.28. The number of carbonyl (C=O) groups is 1. The summed E-state index contributed by atoms with van der Waals surface area (Å²) in [5, 5.41) is 0. The minimum absolute atomic E-state index is 0.409. The van der Waals surface area contributed by atoms with Crippen LogP contribution in [-0.4, -0.2) is 26.6 Å². The Morgan fingerprint density at radius 1 is 1.28 bits per heavy atom. The largest absolute Gasteiger partial charge is 0.498 e. The maximum absolute atomic E-state index is 10.2. The van der Waals surface area contributed by atoms with E-state index in [1.807, 2.05) is 6.07 Å². The molecular weight excluding hydrogens is 232 g/mol. The molecule has 18 heavy (non-hydrogen) atoms. The quantitative estimate of drug-likeness (QED) is 0.307. The van der Waals surface area contributed by atoms with E-state index >= 15 is 0 Å². The van der Waals surface area contributed by atoms with E-state index in [1.165, 1.54) is 12.3 Å². The molecule has 0 aromatic heterocycles. The molecule has 4 nitrogen and oxygen atoms in total. The number of aldehydes is 1. The highest BCUT2D eigenvalue weighted by atomic mass is 16.5. The Balaban J connectivity index is 2.70. The fourth-order valence-electron chi connectivity index (χ4n) is 1.34. The minimum Gasteiger partial charge on any atom is -0.498 e. The SMILES string of the molecule is C=COCCOc1ccc(C=CC=O)cc1OC. The molecule has 0 aliphatic heterocycles. The van der Waals surface area contributed by atoms with Crippen molar-refractivity contribution in [2.75, 3.05) is 20.3 Å². The van der Waals surface area contributed by atoms with Crippen LogP contribution in [0.4, 0.5) is 0 Å². The fraction of sp³-hybridized carbons (Fsp3) is 0.214. The Morgan fingerprint density at radius 2 is 2.11 bits per heavy atom. The average molecular weight is 248 g/mol. The number of benzene rings is 1. The lowest BCUT2D eigenvalue weighted by molar-refractivity contribution is -0.104. The smallest absolute Gasteiger partial charge is 0.161 e. The molecule has 4 heteroatoms. The molecule has 0 spiro atoms. The second-order valence-electron chi connectivity index (χ2n) is 3.29. The zero-order chi connectivity index (χ0) is 13.2. The zero-order valence-electron chi connectivity index (χ0n) is 10.3. The first kappa shape index (κ1) is 13.8. The van der Waals surface area contributed by atoms with Gasteiger partial charge < -0.3 is 14.2 Å². The first-order chi connectivity index (χ1) is 8.81. The second-order valence-corrected chi connectivity index (χ2v) is 3.29. The predicted octanol–water partition coefficient (Wildman–Crippen LogP) is 2.45. The van der Waals surface area contributed by atoms with Crippen LogP contribution in [-0.2, 0) is 9.53 Å². The summed E-state index contributed by atoms with van der Waals surface area (Å²) in [6.07, 6.45) is 5.21. The van der Waals surface area contributed by atoms with Crippen molar-refractivity contribution >= 4 is 12.4 Å². The Kier molecular flexibility index (Phi) is 6.11. The topological polar surface area (TPSA) is 44.8 Å². The summed E-state index contributed by atoms with van der Waals surface area (Å²) in [5.41, 5.74) is 0.869. The summed E-state index contributed by atoms with van der Waals surface area (Å²) >= 11 is 0. The van der Waals surface area contributed by atoms with Crippen LogP contribution < -0.4 is 9.47 Å². The van der Waals surface area contributed by atoms with Gasteiger partial charge in [0.2, 0.25) is 0 Å². The number of ether oxygens (including phenoxy) is 3. The van der Waals surface area contributed by atoms with Gasteiger partial charge in [0.05, 0.1) is 13.4 Å². The molecule has 96 valence electrons. The van der Waals surface area contributed by atoms with Gasteiger partial charge >= 0.3 is 0 Å². The van der Waals surface area contributed by atoms with E-state index in [0.29, 0.717) is 24.7 Å². The van der Waals surface area contributed by atoms with Crippen LogP contribution in [0.15, 0.2) is 37.1 Å². The lowest BCUT2D eigenvalue weighted by Gasteiger charge is -2.11. The first-order valence-electron chi connectivity index (χ1n) is 5.47. The van der Waals surface area contributed by atoms with Crippen molar-refractivity contribution in [2.24, 2.45) is 0 Å². The van der Waals surface area contributed by atoms with Crippen LogP contribution in [0.1, 0.15) is 5.56 Å². The molecule has 0 unspecified atom stereocenters. The summed E-state index contributed by atoms with van der Waals surface area (Å²) in [6, 6.07) is 5.42. The predicted molar refractivity (Wildman–Crippen MR) is 69.7 cm³/mol. The van der Waals surface area contributed by atoms with Gasteiger partial charge in [-0.3, -0.25) is 4.79 Å². The molecule has 0 fully saturated rings. The van der Waals surface area contributed by atoms with E-state index in [0.717, 1.165) is 11.8 Å². The number of carbonyl (C=O) groups excluding carboxylic acids is 1. The Morgan fingerprint density at radius 3 is 2.78 bits per heavy atom. The van der Waals surface area contributed by atoms with Crippen LogP contribution in [0.3, 0.4) is 0 Å². The zero-order valence-corrected chi connectivity index (χ0v) is 10.3. The van der Waals surface area contributed by atoms with Crippen LogP contribution in [0, 0.1) is 0 Å². The summed E-state index contributed by atoms with van der Waals surface area (Å²) in [7, 11) is 1.57. The Bertz CT molecular complexity index is 424. The monoisotopic (exact) mass is 248 g/mol. The molecule has 0 bridgehead atoms. The third-order valence-corrected chi connectivity index (χ3v) is 2.13.